The molecule has 6 nitrogen and oxygen atoms in total. The highest BCUT2D eigenvalue weighted by Gasteiger charge is 2.12. The van der Waals surface area contributed by atoms with Gasteiger partial charge < -0.3 is 14.2 Å². The summed E-state index contributed by atoms with van der Waals surface area (Å²) < 4.78 is 17.5. The number of aryl methyl sites for hydroxylation is 1. The number of hydrogen-bond acceptors (Lipinski definition) is 5. The Balaban J connectivity index is 2.78. The SMILES string of the molecule is CCOC(CCn1c(OC)nc(C)cc1=O)OCC. The van der Waals surface area contributed by atoms with E-state index >= 15 is 0 Å². The largest absolute Gasteiger partial charge is 0.468 e. The maximum atomic E-state index is 11.9. The van der Waals surface area contributed by atoms with Crippen molar-refractivity contribution in [1.29, 1.82) is 0 Å². The Morgan fingerprint density at radius 1 is 1.32 bits per heavy atom. The van der Waals surface area contributed by atoms with Crippen LogP contribution < -0.4 is 10.3 Å². The van der Waals surface area contributed by atoms with Gasteiger partial charge in [0, 0.05) is 37.9 Å². The van der Waals surface area contributed by atoms with E-state index in [9.17, 15) is 4.79 Å². The first-order chi connectivity index (χ1) is 9.12. The quantitative estimate of drug-likeness (QED) is 0.667. The molecule has 1 aromatic heterocycles. The molecule has 0 atom stereocenters. The first kappa shape index (κ1) is 15.7. The maximum Gasteiger partial charge on any atom is 0.299 e. The molecule has 1 heterocycles. The highest BCUT2D eigenvalue weighted by Crippen LogP contribution is 2.08. The van der Waals surface area contributed by atoms with Gasteiger partial charge in [0.25, 0.3) is 11.6 Å². The number of nitrogens with zero attached hydrogens (tertiary/aromatic N) is 2. The van der Waals surface area contributed by atoms with Crippen molar-refractivity contribution >= 4 is 0 Å². The zero-order chi connectivity index (χ0) is 14.3. The summed E-state index contributed by atoms with van der Waals surface area (Å²) in [6, 6.07) is 1.80. The van der Waals surface area contributed by atoms with Crippen molar-refractivity contribution in [3.8, 4) is 6.01 Å². The predicted octanol–water partition coefficient (Wildman–Crippen LogP) is 1.35. The molecule has 19 heavy (non-hydrogen) atoms. The van der Waals surface area contributed by atoms with Crippen LogP contribution in [0.25, 0.3) is 0 Å². The van der Waals surface area contributed by atoms with Crippen LogP contribution in [0.1, 0.15) is 26.0 Å². The van der Waals surface area contributed by atoms with Gasteiger partial charge in [0.15, 0.2) is 6.29 Å². The van der Waals surface area contributed by atoms with Crippen LogP contribution in [0.15, 0.2) is 10.9 Å². The summed E-state index contributed by atoms with van der Waals surface area (Å²) in [7, 11) is 1.50. The number of hydrogen-bond donors (Lipinski definition) is 0. The molecule has 0 radical (unpaired) electrons. The molecule has 6 heteroatoms. The van der Waals surface area contributed by atoms with Crippen molar-refractivity contribution in [2.24, 2.45) is 0 Å². The van der Waals surface area contributed by atoms with Crippen LogP contribution in [0.4, 0.5) is 0 Å². The summed E-state index contributed by atoms with van der Waals surface area (Å²) in [6.45, 7) is 7.17. The van der Waals surface area contributed by atoms with Gasteiger partial charge in [0.05, 0.1) is 7.11 Å². The second-order valence-corrected chi connectivity index (χ2v) is 4.00. The Hall–Kier alpha value is -1.40. The van der Waals surface area contributed by atoms with E-state index in [-0.39, 0.29) is 11.8 Å². The molecule has 1 aromatic rings. The minimum absolute atomic E-state index is 0.129. The van der Waals surface area contributed by atoms with Crippen molar-refractivity contribution < 1.29 is 14.2 Å². The Kier molecular flexibility index (Phi) is 6.52. The van der Waals surface area contributed by atoms with E-state index in [4.69, 9.17) is 14.2 Å². The van der Waals surface area contributed by atoms with Gasteiger partial charge >= 0.3 is 0 Å². The highest BCUT2D eigenvalue weighted by molar-refractivity contribution is 5.06. The first-order valence-electron chi connectivity index (χ1n) is 6.48. The third-order valence-electron chi connectivity index (χ3n) is 2.58. The normalized spacial score (nSPS) is 11.0. The van der Waals surface area contributed by atoms with Gasteiger partial charge in [-0.1, -0.05) is 0 Å². The lowest BCUT2D eigenvalue weighted by molar-refractivity contribution is -0.141. The van der Waals surface area contributed by atoms with E-state index in [1.165, 1.54) is 17.7 Å². The second kappa shape index (κ2) is 7.91. The second-order valence-electron chi connectivity index (χ2n) is 4.00. The topological polar surface area (TPSA) is 62.6 Å². The zero-order valence-corrected chi connectivity index (χ0v) is 12.0. The van der Waals surface area contributed by atoms with E-state index in [2.05, 4.69) is 4.98 Å². The molecular formula is C13H22N2O4. The summed E-state index contributed by atoms with van der Waals surface area (Å²) in [6.07, 6.45) is 0.260. The summed E-state index contributed by atoms with van der Waals surface area (Å²) in [5.41, 5.74) is 0.514. The molecule has 0 aliphatic rings. The van der Waals surface area contributed by atoms with Crippen molar-refractivity contribution in [2.45, 2.75) is 40.0 Å². The van der Waals surface area contributed by atoms with E-state index < -0.39 is 0 Å². The summed E-state index contributed by atoms with van der Waals surface area (Å²) >= 11 is 0. The molecule has 0 aromatic carbocycles. The van der Waals surface area contributed by atoms with Crippen LogP contribution in [0.2, 0.25) is 0 Å². The monoisotopic (exact) mass is 270 g/mol. The molecule has 1 rings (SSSR count). The smallest absolute Gasteiger partial charge is 0.299 e. The summed E-state index contributed by atoms with van der Waals surface area (Å²) in [4.78, 5) is 16.1. The number of ether oxygens (including phenoxy) is 3. The third kappa shape index (κ3) is 4.65. The molecule has 0 unspecified atom stereocenters. The summed E-state index contributed by atoms with van der Waals surface area (Å²) in [5.74, 6) is 0. The van der Waals surface area contributed by atoms with Crippen molar-refractivity contribution in [1.82, 2.24) is 9.55 Å². The van der Waals surface area contributed by atoms with Crippen LogP contribution >= 0.6 is 0 Å². The lowest BCUT2D eigenvalue weighted by Crippen LogP contribution is -2.26. The molecule has 0 saturated heterocycles. The Bertz CT molecular complexity index is 439. The fourth-order valence-electron chi connectivity index (χ4n) is 1.78. The van der Waals surface area contributed by atoms with Crippen LogP contribution in [-0.2, 0) is 16.0 Å². The van der Waals surface area contributed by atoms with E-state index in [0.717, 1.165) is 0 Å². The predicted molar refractivity (Wildman–Crippen MR) is 71.4 cm³/mol. The van der Waals surface area contributed by atoms with Crippen LogP contribution in [0.5, 0.6) is 6.01 Å². The first-order valence-corrected chi connectivity index (χ1v) is 6.48. The fraction of sp³-hybridized carbons (Fsp3) is 0.692. The molecule has 0 N–H and O–H groups in total. The molecule has 108 valence electrons. The van der Waals surface area contributed by atoms with Crippen molar-refractivity contribution in [3.63, 3.8) is 0 Å². The minimum Gasteiger partial charge on any atom is -0.468 e. The molecule has 0 aliphatic carbocycles. The zero-order valence-electron chi connectivity index (χ0n) is 12.0. The molecule has 0 fully saturated rings. The third-order valence-corrected chi connectivity index (χ3v) is 2.58. The van der Waals surface area contributed by atoms with Crippen LogP contribution in [0, 0.1) is 6.92 Å². The Morgan fingerprint density at radius 3 is 2.47 bits per heavy atom. The van der Waals surface area contributed by atoms with Gasteiger partial charge in [-0.2, -0.15) is 0 Å². The van der Waals surface area contributed by atoms with Crippen molar-refractivity contribution in [3.05, 3.63) is 22.1 Å². The van der Waals surface area contributed by atoms with Crippen LogP contribution in [-0.4, -0.2) is 36.2 Å². The van der Waals surface area contributed by atoms with Gasteiger partial charge in [0.1, 0.15) is 0 Å². The fourth-order valence-corrected chi connectivity index (χ4v) is 1.78. The highest BCUT2D eigenvalue weighted by atomic mass is 16.7. The maximum absolute atomic E-state index is 11.9. The van der Waals surface area contributed by atoms with Gasteiger partial charge in [-0.25, -0.2) is 4.98 Å². The number of methoxy groups -OCH3 is 1. The van der Waals surface area contributed by atoms with E-state index in [1.807, 2.05) is 13.8 Å². The molecule has 0 aliphatic heterocycles. The van der Waals surface area contributed by atoms with Gasteiger partial charge in [0.2, 0.25) is 0 Å². The Morgan fingerprint density at radius 2 is 1.95 bits per heavy atom. The number of rotatable bonds is 8. The van der Waals surface area contributed by atoms with Gasteiger partial charge in [-0.3, -0.25) is 9.36 Å². The molecule has 0 saturated carbocycles. The number of aromatic nitrogens is 2. The van der Waals surface area contributed by atoms with Crippen LogP contribution in [0.3, 0.4) is 0 Å². The molecule has 0 spiro atoms. The lowest BCUT2D eigenvalue weighted by Gasteiger charge is -2.18. The Labute approximate surface area is 113 Å². The summed E-state index contributed by atoms with van der Waals surface area (Å²) in [5, 5.41) is 0. The molecular weight excluding hydrogens is 248 g/mol. The lowest BCUT2D eigenvalue weighted by atomic mass is 10.4. The standard InChI is InChI=1S/C13H22N2O4/c1-5-18-12(19-6-2)7-8-15-11(16)9-10(3)14-13(15)17-4/h9,12H,5-8H2,1-4H3. The minimum atomic E-state index is -0.312. The van der Waals surface area contributed by atoms with Gasteiger partial charge in [-0.05, 0) is 20.8 Å². The average Bonchev–Trinajstić information content (AvgIpc) is 2.37. The average molecular weight is 270 g/mol. The molecule has 0 bridgehead atoms. The van der Waals surface area contributed by atoms with Crippen molar-refractivity contribution in [2.75, 3.05) is 20.3 Å². The van der Waals surface area contributed by atoms with Gasteiger partial charge in [-0.15, -0.1) is 0 Å². The van der Waals surface area contributed by atoms with E-state index in [1.54, 1.807) is 6.92 Å². The molecule has 0 amide bonds. The van der Waals surface area contributed by atoms with E-state index in [0.29, 0.717) is 37.9 Å².